The lowest BCUT2D eigenvalue weighted by atomic mass is 9.99. The summed E-state index contributed by atoms with van der Waals surface area (Å²) in [5.41, 5.74) is 0.850. The highest BCUT2D eigenvalue weighted by atomic mass is 16.2. The van der Waals surface area contributed by atoms with Crippen molar-refractivity contribution in [2.24, 2.45) is 0 Å². The summed E-state index contributed by atoms with van der Waals surface area (Å²) < 4.78 is 0. The molecule has 0 bridgehead atoms. The van der Waals surface area contributed by atoms with E-state index in [9.17, 15) is 14.4 Å². The molecule has 0 aromatic heterocycles. The van der Waals surface area contributed by atoms with Gasteiger partial charge < -0.3 is 10.6 Å². The van der Waals surface area contributed by atoms with Crippen LogP contribution in [0.25, 0.3) is 5.57 Å². The minimum atomic E-state index is -0.441. The van der Waals surface area contributed by atoms with Gasteiger partial charge in [-0.1, -0.05) is 30.3 Å². The van der Waals surface area contributed by atoms with Gasteiger partial charge in [-0.15, -0.1) is 0 Å². The van der Waals surface area contributed by atoms with Crippen LogP contribution in [0.1, 0.15) is 12.5 Å². The fourth-order valence-electron chi connectivity index (χ4n) is 1.79. The van der Waals surface area contributed by atoms with Gasteiger partial charge in [0.25, 0.3) is 5.91 Å². The average Bonchev–Trinajstić information content (AvgIpc) is 2.35. The number of rotatable bonds is 2. The minimum Gasteiger partial charge on any atom is -0.342 e. The minimum absolute atomic E-state index is 0.0185. The Kier molecular flexibility index (Phi) is 3.23. The second kappa shape index (κ2) is 4.83. The molecule has 0 atom stereocenters. The molecule has 0 unspecified atom stereocenters. The molecule has 2 rings (SSSR count). The molecule has 1 aliphatic rings. The Labute approximate surface area is 104 Å². The fraction of sp³-hybridized carbons (Fsp3) is 0.154. The standard InChI is InChI=1S/C13H12N2O3/c1-8(16)11(9-5-3-2-4-6-9)12-13(18)14-7-10(17)15-12/h2-6H,7H2,1H3,(H,14,18)(H,15,17). The first-order chi connectivity index (χ1) is 8.59. The van der Waals surface area contributed by atoms with Gasteiger partial charge in [0.15, 0.2) is 5.78 Å². The van der Waals surface area contributed by atoms with E-state index in [2.05, 4.69) is 10.6 Å². The van der Waals surface area contributed by atoms with Gasteiger partial charge in [-0.2, -0.15) is 0 Å². The third kappa shape index (κ3) is 2.29. The monoisotopic (exact) mass is 244 g/mol. The van der Waals surface area contributed by atoms with E-state index >= 15 is 0 Å². The summed E-state index contributed by atoms with van der Waals surface area (Å²) in [6, 6.07) is 8.78. The van der Waals surface area contributed by atoms with E-state index in [1.54, 1.807) is 24.3 Å². The second-order valence-corrected chi connectivity index (χ2v) is 3.90. The molecule has 1 saturated heterocycles. The van der Waals surface area contributed by atoms with E-state index in [-0.39, 0.29) is 29.5 Å². The summed E-state index contributed by atoms with van der Waals surface area (Å²) in [5.74, 6) is -1.04. The Hall–Kier alpha value is -2.43. The quantitative estimate of drug-likeness (QED) is 0.731. The highest BCUT2D eigenvalue weighted by Crippen LogP contribution is 2.19. The largest absolute Gasteiger partial charge is 0.342 e. The van der Waals surface area contributed by atoms with Gasteiger partial charge in [-0.05, 0) is 12.5 Å². The lowest BCUT2D eigenvalue weighted by molar-refractivity contribution is -0.128. The number of Topliss-reactive ketones (excluding diaryl/α,β-unsaturated/α-hetero) is 1. The maximum absolute atomic E-state index is 11.7. The third-order valence-corrected chi connectivity index (χ3v) is 2.57. The number of hydrogen-bond acceptors (Lipinski definition) is 3. The van der Waals surface area contributed by atoms with Crippen molar-refractivity contribution in [2.45, 2.75) is 6.92 Å². The number of allylic oxidation sites excluding steroid dienone is 1. The van der Waals surface area contributed by atoms with Crippen LogP contribution in [0.2, 0.25) is 0 Å². The number of nitrogens with one attached hydrogen (secondary N) is 2. The predicted octanol–water partition coefficient (Wildman–Crippen LogP) is 0.233. The third-order valence-electron chi connectivity index (χ3n) is 2.57. The number of ketones is 1. The van der Waals surface area contributed by atoms with Crippen LogP contribution in [0.15, 0.2) is 36.0 Å². The van der Waals surface area contributed by atoms with E-state index in [0.717, 1.165) is 0 Å². The molecule has 1 aromatic carbocycles. The van der Waals surface area contributed by atoms with Crippen molar-refractivity contribution < 1.29 is 14.4 Å². The highest BCUT2D eigenvalue weighted by molar-refractivity contribution is 6.27. The van der Waals surface area contributed by atoms with Crippen LogP contribution in [-0.4, -0.2) is 24.1 Å². The topological polar surface area (TPSA) is 75.3 Å². The molecule has 0 radical (unpaired) electrons. The molecule has 2 amide bonds. The van der Waals surface area contributed by atoms with Gasteiger partial charge in [0.05, 0.1) is 12.1 Å². The molecule has 92 valence electrons. The summed E-state index contributed by atoms with van der Waals surface area (Å²) in [6.07, 6.45) is 0. The fourth-order valence-corrected chi connectivity index (χ4v) is 1.79. The van der Waals surface area contributed by atoms with Crippen LogP contribution < -0.4 is 10.6 Å². The maximum Gasteiger partial charge on any atom is 0.269 e. The van der Waals surface area contributed by atoms with Crippen molar-refractivity contribution in [1.29, 1.82) is 0 Å². The van der Waals surface area contributed by atoms with Gasteiger partial charge in [0, 0.05) is 0 Å². The molecule has 1 heterocycles. The maximum atomic E-state index is 11.7. The number of piperazine rings is 1. The number of amides is 2. The molecular weight excluding hydrogens is 232 g/mol. The number of hydrogen-bond donors (Lipinski definition) is 2. The van der Waals surface area contributed by atoms with Gasteiger partial charge >= 0.3 is 0 Å². The van der Waals surface area contributed by atoms with Crippen LogP contribution >= 0.6 is 0 Å². The Morgan fingerprint density at radius 1 is 1.17 bits per heavy atom. The highest BCUT2D eigenvalue weighted by Gasteiger charge is 2.25. The summed E-state index contributed by atoms with van der Waals surface area (Å²) in [5, 5.41) is 4.88. The predicted molar refractivity (Wildman–Crippen MR) is 65.2 cm³/mol. The Morgan fingerprint density at radius 2 is 1.83 bits per heavy atom. The van der Waals surface area contributed by atoms with E-state index in [1.165, 1.54) is 6.92 Å². The molecule has 1 aromatic rings. The average molecular weight is 244 g/mol. The normalized spacial score (nSPS) is 17.8. The van der Waals surface area contributed by atoms with Crippen molar-refractivity contribution >= 4 is 23.2 Å². The van der Waals surface area contributed by atoms with Gasteiger partial charge in [0.1, 0.15) is 5.70 Å². The molecule has 0 spiro atoms. The van der Waals surface area contributed by atoms with Gasteiger partial charge in [0.2, 0.25) is 5.91 Å². The number of benzene rings is 1. The molecular formula is C13H12N2O3. The van der Waals surface area contributed by atoms with Crippen LogP contribution in [0.3, 0.4) is 0 Å². The molecule has 18 heavy (non-hydrogen) atoms. The summed E-state index contributed by atoms with van der Waals surface area (Å²) in [6.45, 7) is 1.30. The summed E-state index contributed by atoms with van der Waals surface area (Å²) in [4.78, 5) is 34.7. The van der Waals surface area contributed by atoms with Crippen LogP contribution in [-0.2, 0) is 14.4 Å². The molecule has 1 fully saturated rings. The SMILES string of the molecule is CC(=O)C(=C1NC(=O)CNC1=O)c1ccccc1. The first-order valence-corrected chi connectivity index (χ1v) is 5.48. The summed E-state index contributed by atoms with van der Waals surface area (Å²) >= 11 is 0. The van der Waals surface area contributed by atoms with Crippen molar-refractivity contribution in [2.75, 3.05) is 6.54 Å². The van der Waals surface area contributed by atoms with E-state index in [4.69, 9.17) is 0 Å². The Bertz CT molecular complexity index is 547. The van der Waals surface area contributed by atoms with Gasteiger partial charge in [-0.3, -0.25) is 14.4 Å². The lowest BCUT2D eigenvalue weighted by Gasteiger charge is -2.19. The van der Waals surface area contributed by atoms with Crippen molar-refractivity contribution in [3.63, 3.8) is 0 Å². The Morgan fingerprint density at radius 3 is 2.44 bits per heavy atom. The van der Waals surface area contributed by atoms with Crippen LogP contribution in [0.5, 0.6) is 0 Å². The number of carbonyl (C=O) groups is 3. The van der Waals surface area contributed by atoms with E-state index in [1.807, 2.05) is 6.07 Å². The molecule has 0 saturated carbocycles. The van der Waals surface area contributed by atoms with Crippen LogP contribution in [0, 0.1) is 0 Å². The number of carbonyl (C=O) groups excluding carboxylic acids is 3. The zero-order valence-electron chi connectivity index (χ0n) is 9.82. The van der Waals surface area contributed by atoms with E-state index < -0.39 is 5.91 Å². The summed E-state index contributed by atoms with van der Waals surface area (Å²) in [7, 11) is 0. The first kappa shape index (κ1) is 12.0. The molecule has 5 nitrogen and oxygen atoms in total. The van der Waals surface area contributed by atoms with Crippen LogP contribution in [0.4, 0.5) is 0 Å². The molecule has 1 aliphatic heterocycles. The smallest absolute Gasteiger partial charge is 0.269 e. The van der Waals surface area contributed by atoms with Crippen molar-refractivity contribution in [1.82, 2.24) is 10.6 Å². The molecule has 2 N–H and O–H groups in total. The second-order valence-electron chi connectivity index (χ2n) is 3.90. The molecule has 0 aliphatic carbocycles. The van der Waals surface area contributed by atoms with Gasteiger partial charge in [-0.25, -0.2) is 0 Å². The zero-order valence-corrected chi connectivity index (χ0v) is 9.82. The van der Waals surface area contributed by atoms with Crippen molar-refractivity contribution in [3.8, 4) is 0 Å². The molecule has 5 heteroatoms. The van der Waals surface area contributed by atoms with E-state index in [0.29, 0.717) is 5.56 Å². The van der Waals surface area contributed by atoms with Crippen molar-refractivity contribution in [3.05, 3.63) is 41.6 Å². The lowest BCUT2D eigenvalue weighted by Crippen LogP contribution is -2.47. The zero-order chi connectivity index (χ0) is 13.1. The first-order valence-electron chi connectivity index (χ1n) is 5.48. The Balaban J connectivity index is 2.56.